The standard InChI is InChI=1S/C23H23F3N4O2/c1-32-18-5-2-4-16(12-18)15-29-8-3-9-30(11-10-29)22(31)19-13-17-14-27-7-6-20(17)28-21(19)23(24,25)26/h2,4-7,12-14H,3,8-11,15H2,1H3. The van der Waals surface area contributed by atoms with Crippen LogP contribution in [0.4, 0.5) is 13.2 Å². The third-order valence-electron chi connectivity index (χ3n) is 5.53. The number of aromatic nitrogens is 2. The van der Waals surface area contributed by atoms with Crippen LogP contribution in [0.5, 0.6) is 5.75 Å². The quantitative estimate of drug-likeness (QED) is 0.609. The molecule has 0 atom stereocenters. The van der Waals surface area contributed by atoms with Gasteiger partial charge in [0.05, 0.1) is 18.2 Å². The lowest BCUT2D eigenvalue weighted by atomic mass is 10.1. The fourth-order valence-corrected chi connectivity index (χ4v) is 3.93. The van der Waals surface area contributed by atoms with Crippen molar-refractivity contribution in [2.45, 2.75) is 19.1 Å². The Kier molecular flexibility index (Phi) is 6.27. The Morgan fingerprint density at radius 1 is 1.12 bits per heavy atom. The third kappa shape index (κ3) is 4.83. The molecule has 32 heavy (non-hydrogen) atoms. The molecule has 1 amide bonds. The van der Waals surface area contributed by atoms with E-state index in [0.29, 0.717) is 38.0 Å². The molecule has 0 N–H and O–H groups in total. The number of nitrogens with zero attached hydrogens (tertiary/aromatic N) is 4. The minimum atomic E-state index is -4.73. The molecule has 9 heteroatoms. The fraction of sp³-hybridized carbons (Fsp3) is 0.348. The molecular formula is C23H23F3N4O2. The summed E-state index contributed by atoms with van der Waals surface area (Å²) in [6, 6.07) is 10.4. The van der Waals surface area contributed by atoms with Gasteiger partial charge in [-0.05, 0) is 36.2 Å². The molecule has 0 spiro atoms. The Morgan fingerprint density at radius 2 is 1.97 bits per heavy atom. The molecule has 1 saturated heterocycles. The first-order valence-electron chi connectivity index (χ1n) is 10.3. The highest BCUT2D eigenvalue weighted by molar-refractivity contribution is 5.98. The number of halogens is 3. The van der Waals surface area contributed by atoms with E-state index in [-0.39, 0.29) is 5.52 Å². The normalized spacial score (nSPS) is 15.6. The zero-order valence-corrected chi connectivity index (χ0v) is 17.6. The Hall–Kier alpha value is -3.20. The largest absolute Gasteiger partial charge is 0.497 e. The molecule has 0 bridgehead atoms. The second kappa shape index (κ2) is 9.12. The summed E-state index contributed by atoms with van der Waals surface area (Å²) in [4.78, 5) is 24.5. The van der Waals surface area contributed by atoms with Gasteiger partial charge in [0.25, 0.3) is 5.91 Å². The molecule has 3 heterocycles. The highest BCUT2D eigenvalue weighted by atomic mass is 19.4. The molecule has 0 saturated carbocycles. The first-order chi connectivity index (χ1) is 15.3. The zero-order valence-electron chi connectivity index (χ0n) is 17.6. The van der Waals surface area contributed by atoms with Crippen molar-refractivity contribution in [1.82, 2.24) is 19.8 Å². The summed E-state index contributed by atoms with van der Waals surface area (Å²) in [5.74, 6) is 0.117. The van der Waals surface area contributed by atoms with Gasteiger partial charge in [-0.25, -0.2) is 4.98 Å². The van der Waals surface area contributed by atoms with Gasteiger partial charge in [0.15, 0.2) is 5.69 Å². The number of fused-ring (bicyclic) bond motifs is 1. The molecule has 4 rings (SSSR count). The number of hydrogen-bond donors (Lipinski definition) is 0. The first kappa shape index (κ1) is 22.0. The molecule has 2 aromatic heterocycles. The van der Waals surface area contributed by atoms with Gasteiger partial charge < -0.3 is 9.64 Å². The molecule has 3 aromatic rings. The maximum Gasteiger partial charge on any atom is 0.434 e. The summed E-state index contributed by atoms with van der Waals surface area (Å²) in [6.07, 6.45) is -1.27. The zero-order chi connectivity index (χ0) is 22.7. The van der Waals surface area contributed by atoms with Crippen molar-refractivity contribution in [1.29, 1.82) is 0 Å². The number of benzene rings is 1. The number of pyridine rings is 2. The Labute approximate surface area is 183 Å². The van der Waals surface area contributed by atoms with E-state index in [1.54, 1.807) is 7.11 Å². The highest BCUT2D eigenvalue weighted by Gasteiger charge is 2.38. The van der Waals surface area contributed by atoms with Crippen molar-refractivity contribution in [2.75, 3.05) is 33.3 Å². The summed E-state index contributed by atoms with van der Waals surface area (Å²) >= 11 is 0. The molecular weight excluding hydrogens is 421 g/mol. The Morgan fingerprint density at radius 3 is 2.75 bits per heavy atom. The van der Waals surface area contributed by atoms with Gasteiger partial charge in [0, 0.05) is 50.5 Å². The van der Waals surface area contributed by atoms with Gasteiger partial charge in [-0.2, -0.15) is 13.2 Å². The van der Waals surface area contributed by atoms with Gasteiger partial charge in [0.2, 0.25) is 0 Å². The molecule has 1 fully saturated rings. The molecule has 0 aliphatic carbocycles. The number of methoxy groups -OCH3 is 1. The molecule has 1 aliphatic rings. The van der Waals surface area contributed by atoms with Crippen LogP contribution in [0.1, 0.15) is 28.0 Å². The van der Waals surface area contributed by atoms with E-state index in [1.807, 2.05) is 24.3 Å². The van der Waals surface area contributed by atoms with E-state index in [2.05, 4.69) is 14.9 Å². The predicted octanol–water partition coefficient (Wildman–Crippen LogP) is 4.01. The summed E-state index contributed by atoms with van der Waals surface area (Å²) in [5, 5.41) is 0.401. The maximum atomic E-state index is 13.7. The van der Waals surface area contributed by atoms with Gasteiger partial charge in [-0.3, -0.25) is 14.7 Å². The number of ether oxygens (including phenoxy) is 1. The number of alkyl halides is 3. The molecule has 6 nitrogen and oxygen atoms in total. The number of carbonyl (C=O) groups is 1. The molecule has 1 aliphatic heterocycles. The number of carbonyl (C=O) groups excluding carboxylic acids is 1. The SMILES string of the molecule is COc1cccc(CN2CCCN(C(=O)c3cc4cnccc4nc3C(F)(F)F)CC2)c1. The van der Waals surface area contributed by atoms with Crippen LogP contribution in [-0.4, -0.2) is 59.0 Å². The fourth-order valence-electron chi connectivity index (χ4n) is 3.93. The first-order valence-corrected chi connectivity index (χ1v) is 10.3. The summed E-state index contributed by atoms with van der Waals surface area (Å²) in [5.41, 5.74) is -0.350. The average Bonchev–Trinajstić information content (AvgIpc) is 3.03. The number of hydrogen-bond acceptors (Lipinski definition) is 5. The van der Waals surface area contributed by atoms with Crippen LogP contribution >= 0.6 is 0 Å². The minimum Gasteiger partial charge on any atom is -0.497 e. The van der Waals surface area contributed by atoms with Gasteiger partial charge >= 0.3 is 6.18 Å². The second-order valence-corrected chi connectivity index (χ2v) is 7.72. The van der Waals surface area contributed by atoms with E-state index in [4.69, 9.17) is 4.74 Å². The number of amides is 1. The maximum absolute atomic E-state index is 13.7. The van der Waals surface area contributed by atoms with E-state index in [9.17, 15) is 18.0 Å². The van der Waals surface area contributed by atoms with Crippen molar-refractivity contribution >= 4 is 16.8 Å². The lowest BCUT2D eigenvalue weighted by Gasteiger charge is -2.23. The van der Waals surface area contributed by atoms with Crippen LogP contribution in [-0.2, 0) is 12.7 Å². The average molecular weight is 444 g/mol. The van der Waals surface area contributed by atoms with Crippen LogP contribution in [0, 0.1) is 0 Å². The van der Waals surface area contributed by atoms with Crippen molar-refractivity contribution in [3.05, 3.63) is 65.6 Å². The van der Waals surface area contributed by atoms with Crippen molar-refractivity contribution in [3.8, 4) is 5.75 Å². The topological polar surface area (TPSA) is 58.6 Å². The van der Waals surface area contributed by atoms with Gasteiger partial charge in [-0.15, -0.1) is 0 Å². The van der Waals surface area contributed by atoms with Gasteiger partial charge in [-0.1, -0.05) is 12.1 Å². The van der Waals surface area contributed by atoms with E-state index in [1.165, 1.54) is 29.4 Å². The van der Waals surface area contributed by atoms with Crippen LogP contribution in [0.2, 0.25) is 0 Å². The lowest BCUT2D eigenvalue weighted by molar-refractivity contribution is -0.141. The lowest BCUT2D eigenvalue weighted by Crippen LogP contribution is -2.36. The van der Waals surface area contributed by atoms with E-state index >= 15 is 0 Å². The predicted molar refractivity (Wildman–Crippen MR) is 113 cm³/mol. The smallest absolute Gasteiger partial charge is 0.434 e. The Bertz CT molecular complexity index is 1120. The van der Waals surface area contributed by atoms with Crippen LogP contribution in [0.25, 0.3) is 10.9 Å². The summed E-state index contributed by atoms with van der Waals surface area (Å²) in [6.45, 7) is 2.71. The highest BCUT2D eigenvalue weighted by Crippen LogP contribution is 2.33. The van der Waals surface area contributed by atoms with E-state index < -0.39 is 23.3 Å². The van der Waals surface area contributed by atoms with Crippen LogP contribution in [0.15, 0.2) is 48.8 Å². The molecule has 0 radical (unpaired) electrons. The van der Waals surface area contributed by atoms with Crippen LogP contribution in [0.3, 0.4) is 0 Å². The van der Waals surface area contributed by atoms with Crippen molar-refractivity contribution in [3.63, 3.8) is 0 Å². The van der Waals surface area contributed by atoms with Gasteiger partial charge in [0.1, 0.15) is 5.75 Å². The minimum absolute atomic E-state index is 0.157. The van der Waals surface area contributed by atoms with E-state index in [0.717, 1.165) is 17.9 Å². The summed E-state index contributed by atoms with van der Waals surface area (Å²) < 4.78 is 46.3. The molecule has 1 aromatic carbocycles. The van der Waals surface area contributed by atoms with Crippen molar-refractivity contribution < 1.29 is 22.7 Å². The summed E-state index contributed by atoms with van der Waals surface area (Å²) in [7, 11) is 1.61. The number of rotatable bonds is 4. The second-order valence-electron chi connectivity index (χ2n) is 7.72. The third-order valence-corrected chi connectivity index (χ3v) is 5.53. The molecule has 168 valence electrons. The Balaban J connectivity index is 1.53. The van der Waals surface area contributed by atoms with Crippen LogP contribution < -0.4 is 4.74 Å². The monoisotopic (exact) mass is 444 g/mol. The molecule has 0 unspecified atom stereocenters. The van der Waals surface area contributed by atoms with Crippen molar-refractivity contribution in [2.24, 2.45) is 0 Å².